The number of hydrogen-bond donors (Lipinski definition) is 3. The van der Waals surface area contributed by atoms with E-state index in [0.717, 1.165) is 68.8 Å². The van der Waals surface area contributed by atoms with Gasteiger partial charge in [-0.2, -0.15) is 0 Å². The number of imidazole rings is 1. The average Bonchev–Trinajstić information content (AvgIpc) is 3.20. The van der Waals surface area contributed by atoms with Crippen molar-refractivity contribution in [1.29, 1.82) is 0 Å². The van der Waals surface area contributed by atoms with Crippen molar-refractivity contribution < 1.29 is 9.59 Å². The zero-order chi connectivity index (χ0) is 24.0. The maximum absolute atomic E-state index is 12.6. The predicted molar refractivity (Wildman–Crippen MR) is 137 cm³/mol. The molecule has 0 bridgehead atoms. The number of pyridine rings is 1. The molecular weight excluding hydrogens is 440 g/mol. The molecule has 0 aliphatic carbocycles. The molecule has 8 heteroatoms. The van der Waals surface area contributed by atoms with Crippen LogP contribution in [-0.4, -0.2) is 59.5 Å². The van der Waals surface area contributed by atoms with Gasteiger partial charge in [0.25, 0.3) is 5.91 Å². The molecule has 8 nitrogen and oxygen atoms in total. The normalized spacial score (nSPS) is 19.4. The highest BCUT2D eigenvalue weighted by molar-refractivity contribution is 5.97. The summed E-state index contributed by atoms with van der Waals surface area (Å²) in [6, 6.07) is 13.9. The number of carbonyl (C=O) groups is 2. The van der Waals surface area contributed by atoms with Gasteiger partial charge in [-0.3, -0.25) is 9.59 Å². The lowest BCUT2D eigenvalue weighted by molar-refractivity contribution is -0.122. The van der Waals surface area contributed by atoms with Gasteiger partial charge in [-0.1, -0.05) is 6.07 Å². The van der Waals surface area contributed by atoms with Crippen LogP contribution in [0.25, 0.3) is 5.65 Å². The van der Waals surface area contributed by atoms with Gasteiger partial charge >= 0.3 is 0 Å². The van der Waals surface area contributed by atoms with Crippen molar-refractivity contribution in [2.75, 3.05) is 31.1 Å². The highest BCUT2D eigenvalue weighted by atomic mass is 16.2. The average molecular weight is 475 g/mol. The van der Waals surface area contributed by atoms with Crippen molar-refractivity contribution in [2.45, 2.75) is 50.6 Å². The van der Waals surface area contributed by atoms with E-state index in [1.165, 1.54) is 0 Å². The van der Waals surface area contributed by atoms with Crippen LogP contribution >= 0.6 is 0 Å². The van der Waals surface area contributed by atoms with E-state index >= 15 is 0 Å². The molecular formula is C27H34N6O2. The van der Waals surface area contributed by atoms with Crippen LogP contribution in [0.4, 0.5) is 5.69 Å². The summed E-state index contributed by atoms with van der Waals surface area (Å²) in [7, 11) is 0. The molecule has 2 aromatic heterocycles. The summed E-state index contributed by atoms with van der Waals surface area (Å²) in [4.78, 5) is 31.8. The SMILES string of the molecule is O=C(N[C@H]1CCCCNC1=O)c1ccc(N2CCC(NCCc3cn4ccccc4n3)CC2)cc1. The summed E-state index contributed by atoms with van der Waals surface area (Å²) in [5.74, 6) is -0.269. The van der Waals surface area contributed by atoms with Crippen LogP contribution in [-0.2, 0) is 11.2 Å². The van der Waals surface area contributed by atoms with Crippen LogP contribution in [0.1, 0.15) is 48.2 Å². The minimum absolute atomic E-state index is 0.0812. The highest BCUT2D eigenvalue weighted by Crippen LogP contribution is 2.21. The first-order valence-electron chi connectivity index (χ1n) is 12.8. The first-order valence-corrected chi connectivity index (χ1v) is 12.8. The molecule has 1 aromatic carbocycles. The van der Waals surface area contributed by atoms with Crippen LogP contribution in [0.15, 0.2) is 54.9 Å². The molecule has 5 rings (SSSR count). The van der Waals surface area contributed by atoms with E-state index in [4.69, 9.17) is 0 Å². The molecule has 184 valence electrons. The van der Waals surface area contributed by atoms with Crippen LogP contribution in [0.5, 0.6) is 0 Å². The Labute approximate surface area is 206 Å². The second-order valence-electron chi connectivity index (χ2n) is 9.52. The minimum Gasteiger partial charge on any atom is -0.371 e. The van der Waals surface area contributed by atoms with Gasteiger partial charge in [-0.15, -0.1) is 0 Å². The molecule has 4 heterocycles. The molecule has 2 aliphatic rings. The smallest absolute Gasteiger partial charge is 0.251 e. The largest absolute Gasteiger partial charge is 0.371 e. The Morgan fingerprint density at radius 2 is 1.89 bits per heavy atom. The number of hydrogen-bond acceptors (Lipinski definition) is 5. The van der Waals surface area contributed by atoms with Crippen LogP contribution in [0, 0.1) is 0 Å². The Morgan fingerprint density at radius 1 is 1.06 bits per heavy atom. The standard InChI is InChI=1S/C27H34N6O2/c34-26(31-24-5-1-3-14-29-27(24)35)20-7-9-23(10-8-20)32-17-12-21(13-18-32)28-15-11-22-19-33-16-4-2-6-25(33)30-22/h2,4,6-10,16,19,21,24,28H,1,3,5,11-15,17-18H2,(H,29,35)(H,31,34)/t24-/m0/s1. The third-order valence-corrected chi connectivity index (χ3v) is 7.06. The van der Waals surface area contributed by atoms with Crippen LogP contribution in [0.2, 0.25) is 0 Å². The van der Waals surface area contributed by atoms with Crippen molar-refractivity contribution >= 4 is 23.1 Å². The van der Waals surface area contributed by atoms with E-state index in [-0.39, 0.29) is 11.8 Å². The highest BCUT2D eigenvalue weighted by Gasteiger charge is 2.23. The third kappa shape index (κ3) is 5.82. The van der Waals surface area contributed by atoms with E-state index in [0.29, 0.717) is 24.6 Å². The third-order valence-electron chi connectivity index (χ3n) is 7.06. The fourth-order valence-corrected chi connectivity index (χ4v) is 5.00. The molecule has 3 N–H and O–H groups in total. The van der Waals surface area contributed by atoms with E-state index in [1.54, 1.807) is 0 Å². The lowest BCUT2D eigenvalue weighted by Gasteiger charge is -2.34. The lowest BCUT2D eigenvalue weighted by atomic mass is 10.0. The van der Waals surface area contributed by atoms with Crippen LogP contribution < -0.4 is 20.9 Å². The van der Waals surface area contributed by atoms with E-state index in [2.05, 4.69) is 36.4 Å². The van der Waals surface area contributed by atoms with Crippen molar-refractivity contribution in [1.82, 2.24) is 25.3 Å². The summed E-state index contributed by atoms with van der Waals surface area (Å²) in [6.45, 7) is 3.59. The Balaban J connectivity index is 1.06. The van der Waals surface area contributed by atoms with Crippen molar-refractivity contribution in [3.63, 3.8) is 0 Å². The first kappa shape index (κ1) is 23.4. The molecule has 0 radical (unpaired) electrons. The number of amides is 2. The lowest BCUT2D eigenvalue weighted by Crippen LogP contribution is -2.45. The Bertz CT molecular complexity index is 1120. The minimum atomic E-state index is -0.441. The molecule has 2 saturated heterocycles. The molecule has 2 aliphatic heterocycles. The monoisotopic (exact) mass is 474 g/mol. The number of anilines is 1. The maximum atomic E-state index is 12.6. The molecule has 35 heavy (non-hydrogen) atoms. The number of benzene rings is 1. The van der Waals surface area contributed by atoms with Gasteiger partial charge in [-0.25, -0.2) is 4.98 Å². The molecule has 0 spiro atoms. The van der Waals surface area contributed by atoms with Gasteiger partial charge in [0.05, 0.1) is 5.69 Å². The van der Waals surface area contributed by atoms with Gasteiger partial charge in [0.1, 0.15) is 11.7 Å². The van der Waals surface area contributed by atoms with Crippen molar-refractivity contribution in [3.05, 3.63) is 66.1 Å². The number of nitrogens with one attached hydrogen (secondary N) is 3. The second-order valence-corrected chi connectivity index (χ2v) is 9.52. The number of rotatable bonds is 7. The fourth-order valence-electron chi connectivity index (χ4n) is 5.00. The van der Waals surface area contributed by atoms with E-state index in [1.807, 2.05) is 48.7 Å². The number of nitrogens with zero attached hydrogens (tertiary/aromatic N) is 3. The zero-order valence-corrected chi connectivity index (χ0v) is 20.1. The van der Waals surface area contributed by atoms with Gasteiger partial charge in [0, 0.05) is 62.3 Å². The van der Waals surface area contributed by atoms with Gasteiger partial charge in [0.2, 0.25) is 5.91 Å². The predicted octanol–water partition coefficient (Wildman–Crippen LogP) is 2.53. The Morgan fingerprint density at radius 3 is 2.69 bits per heavy atom. The number of carbonyl (C=O) groups excluding carboxylic acids is 2. The summed E-state index contributed by atoms with van der Waals surface area (Å²) >= 11 is 0. The summed E-state index contributed by atoms with van der Waals surface area (Å²) in [6.07, 6.45) is 9.83. The summed E-state index contributed by atoms with van der Waals surface area (Å²) in [5, 5.41) is 9.45. The zero-order valence-electron chi connectivity index (χ0n) is 20.1. The summed E-state index contributed by atoms with van der Waals surface area (Å²) < 4.78 is 2.07. The molecule has 0 saturated carbocycles. The second kappa shape index (κ2) is 10.9. The topological polar surface area (TPSA) is 90.8 Å². The Hall–Kier alpha value is -3.39. The van der Waals surface area contributed by atoms with Crippen LogP contribution in [0.3, 0.4) is 0 Å². The number of fused-ring (bicyclic) bond motifs is 1. The van der Waals surface area contributed by atoms with Gasteiger partial charge in [0.15, 0.2) is 0 Å². The molecule has 0 unspecified atom stereocenters. The van der Waals surface area contributed by atoms with Crippen molar-refractivity contribution in [2.24, 2.45) is 0 Å². The molecule has 3 aromatic rings. The Kier molecular flexibility index (Phi) is 7.28. The maximum Gasteiger partial charge on any atom is 0.251 e. The van der Waals surface area contributed by atoms with Crippen molar-refractivity contribution in [3.8, 4) is 0 Å². The number of aromatic nitrogens is 2. The fraction of sp³-hybridized carbons (Fsp3) is 0.444. The van der Waals surface area contributed by atoms with E-state index in [9.17, 15) is 9.59 Å². The van der Waals surface area contributed by atoms with E-state index < -0.39 is 6.04 Å². The molecule has 2 fully saturated rings. The van der Waals surface area contributed by atoms with Gasteiger partial charge < -0.3 is 25.3 Å². The first-order chi connectivity index (χ1) is 17.2. The summed E-state index contributed by atoms with van der Waals surface area (Å²) in [5.41, 5.74) is 3.84. The molecule has 1 atom stereocenters. The number of piperidine rings is 1. The van der Waals surface area contributed by atoms with Gasteiger partial charge in [-0.05, 0) is 68.5 Å². The quantitative estimate of drug-likeness (QED) is 0.490. The molecule has 2 amide bonds.